The Balaban J connectivity index is 1.98. The highest BCUT2D eigenvalue weighted by Crippen LogP contribution is 2.31. The Labute approximate surface area is 158 Å². The van der Waals surface area contributed by atoms with Gasteiger partial charge in [-0.3, -0.25) is 4.79 Å². The number of rotatable bonds is 6. The molecule has 1 amide bonds. The molecule has 2 N–H and O–H groups in total. The first-order chi connectivity index (χ1) is 12.9. The van der Waals surface area contributed by atoms with Crippen molar-refractivity contribution in [3.8, 4) is 0 Å². The lowest BCUT2D eigenvalue weighted by Crippen LogP contribution is -2.16. The summed E-state index contributed by atoms with van der Waals surface area (Å²) in [5.41, 5.74) is 3.71. The Morgan fingerprint density at radius 1 is 1.19 bits per heavy atom. The minimum absolute atomic E-state index is 0.280. The topological polar surface area (TPSA) is 61.0 Å². The van der Waals surface area contributed by atoms with E-state index in [4.69, 9.17) is 4.98 Å². The van der Waals surface area contributed by atoms with Crippen molar-refractivity contribution in [3.05, 3.63) is 53.6 Å². The van der Waals surface area contributed by atoms with Crippen LogP contribution in [0.1, 0.15) is 48.8 Å². The second-order valence-electron chi connectivity index (χ2n) is 6.88. The molecule has 0 aliphatic carbocycles. The molecule has 0 bridgehead atoms. The Kier molecular flexibility index (Phi) is 5.44. The molecule has 0 fully saturated rings. The maximum Gasteiger partial charge on any atom is 0.255 e. The minimum Gasteiger partial charge on any atom is -0.376 e. The number of amides is 1. The second-order valence-corrected chi connectivity index (χ2v) is 6.88. The van der Waals surface area contributed by atoms with Gasteiger partial charge >= 0.3 is 0 Å². The van der Waals surface area contributed by atoms with E-state index in [1.165, 1.54) is 24.3 Å². The molecule has 0 saturated carbocycles. The fourth-order valence-electron chi connectivity index (χ4n) is 3.20. The van der Waals surface area contributed by atoms with Crippen LogP contribution in [-0.2, 0) is 0 Å². The number of nitrogens with one attached hydrogen (secondary N) is 2. The molecule has 1 aromatic heterocycles. The molecule has 3 rings (SSSR count). The SMILES string of the molecule is CCC(CC)c1nc2cc(N(C)C)c(NC(=O)c3ccc(F)cc3)cc2[nH]1. The number of H-pyrrole nitrogens is 1. The van der Waals surface area contributed by atoms with Crippen molar-refractivity contribution < 1.29 is 9.18 Å². The zero-order valence-corrected chi connectivity index (χ0v) is 16.1. The number of benzene rings is 2. The van der Waals surface area contributed by atoms with E-state index in [-0.39, 0.29) is 11.7 Å². The van der Waals surface area contributed by atoms with E-state index >= 15 is 0 Å². The fraction of sp³-hybridized carbons (Fsp3) is 0.333. The van der Waals surface area contributed by atoms with Crippen molar-refractivity contribution in [3.63, 3.8) is 0 Å². The number of anilines is 2. The summed E-state index contributed by atoms with van der Waals surface area (Å²) in [5, 5.41) is 2.94. The molecule has 142 valence electrons. The summed E-state index contributed by atoms with van der Waals surface area (Å²) in [6.07, 6.45) is 2.04. The van der Waals surface area contributed by atoms with E-state index in [0.717, 1.165) is 35.4 Å². The maximum absolute atomic E-state index is 13.1. The number of hydrogen-bond donors (Lipinski definition) is 2. The van der Waals surface area contributed by atoms with Gasteiger partial charge in [0.25, 0.3) is 5.91 Å². The Morgan fingerprint density at radius 3 is 2.44 bits per heavy atom. The molecule has 0 atom stereocenters. The van der Waals surface area contributed by atoms with Crippen LogP contribution in [0.5, 0.6) is 0 Å². The summed E-state index contributed by atoms with van der Waals surface area (Å²) in [5.74, 6) is 0.713. The van der Waals surface area contributed by atoms with Gasteiger partial charge in [-0.2, -0.15) is 0 Å². The van der Waals surface area contributed by atoms with Crippen molar-refractivity contribution in [2.45, 2.75) is 32.6 Å². The molecule has 0 unspecified atom stereocenters. The highest BCUT2D eigenvalue weighted by Gasteiger charge is 2.16. The van der Waals surface area contributed by atoms with Gasteiger partial charge in [0.15, 0.2) is 0 Å². The van der Waals surface area contributed by atoms with Gasteiger partial charge in [-0.25, -0.2) is 9.37 Å². The molecule has 3 aromatic rings. The zero-order chi connectivity index (χ0) is 19.6. The van der Waals surface area contributed by atoms with Crippen molar-refractivity contribution in [2.24, 2.45) is 0 Å². The van der Waals surface area contributed by atoms with Crippen LogP contribution in [0.3, 0.4) is 0 Å². The summed E-state index contributed by atoms with van der Waals surface area (Å²) in [6, 6.07) is 9.38. The van der Waals surface area contributed by atoms with Crippen LogP contribution in [0.15, 0.2) is 36.4 Å². The molecule has 0 saturated heterocycles. The third-order valence-corrected chi connectivity index (χ3v) is 4.83. The summed E-state index contributed by atoms with van der Waals surface area (Å²) in [6.45, 7) is 4.31. The molecular formula is C21H25FN4O. The van der Waals surface area contributed by atoms with Gasteiger partial charge in [-0.1, -0.05) is 13.8 Å². The Hall–Kier alpha value is -2.89. The summed E-state index contributed by atoms with van der Waals surface area (Å²) < 4.78 is 13.1. The third-order valence-electron chi connectivity index (χ3n) is 4.83. The average molecular weight is 368 g/mol. The second kappa shape index (κ2) is 7.78. The van der Waals surface area contributed by atoms with Crippen LogP contribution in [0.25, 0.3) is 11.0 Å². The molecule has 2 aromatic carbocycles. The first kappa shape index (κ1) is 18.9. The monoisotopic (exact) mass is 368 g/mol. The lowest BCUT2D eigenvalue weighted by molar-refractivity contribution is 0.102. The normalized spacial score (nSPS) is 11.2. The standard InChI is InChI=1S/C21H25FN4O/c1-5-13(6-2)20-23-16-11-18(19(26(3)4)12-17(16)24-20)25-21(27)14-7-9-15(22)10-8-14/h7-13H,5-6H2,1-4H3,(H,23,24)(H,25,27). The molecule has 0 aliphatic rings. The molecule has 0 aliphatic heterocycles. The first-order valence-corrected chi connectivity index (χ1v) is 9.20. The van der Waals surface area contributed by atoms with Gasteiger partial charge in [0, 0.05) is 25.6 Å². The van der Waals surface area contributed by atoms with Crippen LogP contribution in [0.2, 0.25) is 0 Å². The van der Waals surface area contributed by atoms with E-state index in [1.54, 1.807) is 0 Å². The van der Waals surface area contributed by atoms with E-state index < -0.39 is 0 Å². The minimum atomic E-state index is -0.367. The van der Waals surface area contributed by atoms with Gasteiger partial charge in [-0.05, 0) is 49.2 Å². The molecule has 5 nitrogen and oxygen atoms in total. The number of nitrogens with zero attached hydrogens (tertiary/aromatic N) is 2. The quantitative estimate of drug-likeness (QED) is 0.649. The Bertz CT molecular complexity index is 943. The van der Waals surface area contributed by atoms with E-state index in [1.807, 2.05) is 31.1 Å². The number of imidazole rings is 1. The van der Waals surface area contributed by atoms with Gasteiger partial charge < -0.3 is 15.2 Å². The lowest BCUT2D eigenvalue weighted by atomic mass is 10.0. The smallest absolute Gasteiger partial charge is 0.255 e. The van der Waals surface area contributed by atoms with Crippen molar-refractivity contribution in [1.29, 1.82) is 0 Å². The van der Waals surface area contributed by atoms with E-state index in [2.05, 4.69) is 24.1 Å². The molecular weight excluding hydrogens is 343 g/mol. The number of halogens is 1. The van der Waals surface area contributed by atoms with E-state index in [0.29, 0.717) is 17.2 Å². The van der Waals surface area contributed by atoms with Gasteiger partial charge in [0.1, 0.15) is 11.6 Å². The van der Waals surface area contributed by atoms with Gasteiger partial charge in [0.05, 0.1) is 22.4 Å². The molecule has 1 heterocycles. The number of carbonyl (C=O) groups excluding carboxylic acids is 1. The molecule has 0 radical (unpaired) electrons. The highest BCUT2D eigenvalue weighted by molar-refractivity contribution is 6.07. The molecule has 0 spiro atoms. The maximum atomic E-state index is 13.1. The number of aromatic nitrogens is 2. The first-order valence-electron chi connectivity index (χ1n) is 9.20. The van der Waals surface area contributed by atoms with Crippen molar-refractivity contribution in [1.82, 2.24) is 9.97 Å². The van der Waals surface area contributed by atoms with Crippen LogP contribution in [-0.4, -0.2) is 30.0 Å². The predicted molar refractivity (Wildman–Crippen MR) is 108 cm³/mol. The highest BCUT2D eigenvalue weighted by atomic mass is 19.1. The largest absolute Gasteiger partial charge is 0.376 e. The van der Waals surface area contributed by atoms with Crippen LogP contribution < -0.4 is 10.2 Å². The van der Waals surface area contributed by atoms with E-state index in [9.17, 15) is 9.18 Å². The van der Waals surface area contributed by atoms with Gasteiger partial charge in [-0.15, -0.1) is 0 Å². The number of fused-ring (bicyclic) bond motifs is 1. The number of hydrogen-bond acceptors (Lipinski definition) is 3. The molecule has 27 heavy (non-hydrogen) atoms. The lowest BCUT2D eigenvalue weighted by Gasteiger charge is -2.18. The van der Waals surface area contributed by atoms with Crippen LogP contribution in [0, 0.1) is 5.82 Å². The van der Waals surface area contributed by atoms with Crippen molar-refractivity contribution >= 4 is 28.3 Å². The predicted octanol–water partition coefficient (Wildman–Crippen LogP) is 4.92. The summed E-state index contributed by atoms with van der Waals surface area (Å²) in [7, 11) is 3.84. The zero-order valence-electron chi connectivity index (χ0n) is 16.1. The number of aromatic amines is 1. The third kappa shape index (κ3) is 3.94. The van der Waals surface area contributed by atoms with Gasteiger partial charge in [0.2, 0.25) is 0 Å². The average Bonchev–Trinajstić information content (AvgIpc) is 3.05. The molecule has 6 heteroatoms. The van der Waals surface area contributed by atoms with Crippen LogP contribution >= 0.6 is 0 Å². The van der Waals surface area contributed by atoms with Crippen molar-refractivity contribution in [2.75, 3.05) is 24.3 Å². The summed E-state index contributed by atoms with van der Waals surface area (Å²) in [4.78, 5) is 22.6. The summed E-state index contributed by atoms with van der Waals surface area (Å²) >= 11 is 0. The number of carbonyl (C=O) groups is 1. The fourth-order valence-corrected chi connectivity index (χ4v) is 3.20. The Morgan fingerprint density at radius 2 is 1.85 bits per heavy atom. The van der Waals surface area contributed by atoms with Crippen LogP contribution in [0.4, 0.5) is 15.8 Å².